The lowest BCUT2D eigenvalue weighted by Gasteiger charge is -2.28. The number of likely N-dealkylation sites (N-methyl/N-ethyl adjacent to an activating group) is 1. The molecule has 28 heavy (non-hydrogen) atoms. The van der Waals surface area contributed by atoms with Gasteiger partial charge >= 0.3 is 0 Å². The van der Waals surface area contributed by atoms with Crippen LogP contribution in [-0.2, 0) is 19.4 Å². The normalized spacial score (nSPS) is 13.1. The molecule has 0 unspecified atom stereocenters. The standard InChI is InChI=1S/C22H23N5O/c1-26(12-8-17-6-10-23-11-7-17)21-14-20(24-16-25-21)22(28)27-13-9-18-4-2-3-5-19(18)15-27/h2-7,10-11,14,16H,8-9,12-13,15H2,1H3. The number of aromatic nitrogens is 3. The second-order valence-corrected chi connectivity index (χ2v) is 7.03. The second-order valence-electron chi connectivity index (χ2n) is 7.03. The maximum Gasteiger partial charge on any atom is 0.272 e. The molecule has 2 aromatic heterocycles. The zero-order chi connectivity index (χ0) is 19.3. The summed E-state index contributed by atoms with van der Waals surface area (Å²) in [7, 11) is 1.98. The van der Waals surface area contributed by atoms with Gasteiger partial charge in [0.25, 0.3) is 5.91 Å². The smallest absolute Gasteiger partial charge is 0.272 e. The molecular formula is C22H23N5O. The van der Waals surface area contributed by atoms with E-state index in [-0.39, 0.29) is 5.91 Å². The first kappa shape index (κ1) is 18.1. The van der Waals surface area contributed by atoms with Crippen LogP contribution in [0.3, 0.4) is 0 Å². The van der Waals surface area contributed by atoms with Crippen LogP contribution < -0.4 is 4.90 Å². The Hall–Kier alpha value is -3.28. The molecule has 0 spiro atoms. The Balaban J connectivity index is 1.44. The van der Waals surface area contributed by atoms with Crippen LogP contribution >= 0.6 is 0 Å². The molecule has 0 fully saturated rings. The Kier molecular flexibility index (Phi) is 5.28. The minimum Gasteiger partial charge on any atom is -0.359 e. The first-order valence-corrected chi connectivity index (χ1v) is 9.49. The van der Waals surface area contributed by atoms with Crippen LogP contribution in [0.4, 0.5) is 5.82 Å². The van der Waals surface area contributed by atoms with Crippen molar-refractivity contribution in [2.75, 3.05) is 25.0 Å². The monoisotopic (exact) mass is 373 g/mol. The summed E-state index contributed by atoms with van der Waals surface area (Å²) in [5.74, 6) is 0.713. The average Bonchev–Trinajstić information content (AvgIpc) is 2.77. The Morgan fingerprint density at radius 3 is 2.71 bits per heavy atom. The highest BCUT2D eigenvalue weighted by Gasteiger charge is 2.23. The van der Waals surface area contributed by atoms with Gasteiger partial charge in [-0.25, -0.2) is 9.97 Å². The van der Waals surface area contributed by atoms with Crippen molar-refractivity contribution < 1.29 is 4.79 Å². The van der Waals surface area contributed by atoms with Crippen molar-refractivity contribution in [3.8, 4) is 0 Å². The van der Waals surface area contributed by atoms with Gasteiger partial charge in [-0.1, -0.05) is 24.3 Å². The van der Waals surface area contributed by atoms with Crippen molar-refractivity contribution in [3.63, 3.8) is 0 Å². The molecule has 3 aromatic rings. The van der Waals surface area contributed by atoms with Crippen LogP contribution in [-0.4, -0.2) is 45.9 Å². The van der Waals surface area contributed by atoms with E-state index in [1.165, 1.54) is 23.0 Å². The number of hydrogen-bond acceptors (Lipinski definition) is 5. The third kappa shape index (κ3) is 4.01. The van der Waals surface area contributed by atoms with Crippen LogP contribution in [0.25, 0.3) is 0 Å². The van der Waals surface area contributed by atoms with Crippen molar-refractivity contribution in [2.24, 2.45) is 0 Å². The molecule has 1 aliphatic heterocycles. The Bertz CT molecular complexity index is 960. The molecule has 0 N–H and O–H groups in total. The van der Waals surface area contributed by atoms with Crippen molar-refractivity contribution in [3.05, 3.63) is 83.6 Å². The molecule has 1 amide bonds. The predicted molar refractivity (Wildman–Crippen MR) is 108 cm³/mol. The second kappa shape index (κ2) is 8.17. The molecule has 1 aliphatic rings. The molecular weight excluding hydrogens is 350 g/mol. The summed E-state index contributed by atoms with van der Waals surface area (Å²) >= 11 is 0. The van der Waals surface area contributed by atoms with Crippen molar-refractivity contribution in [1.29, 1.82) is 0 Å². The Morgan fingerprint density at radius 1 is 1.11 bits per heavy atom. The fourth-order valence-electron chi connectivity index (χ4n) is 3.46. The molecule has 6 heteroatoms. The highest BCUT2D eigenvalue weighted by atomic mass is 16.2. The first-order valence-electron chi connectivity index (χ1n) is 9.49. The fraction of sp³-hybridized carbons (Fsp3) is 0.273. The van der Waals surface area contributed by atoms with Gasteiger partial charge in [0.15, 0.2) is 0 Å². The van der Waals surface area contributed by atoms with Gasteiger partial charge in [-0.05, 0) is 41.7 Å². The lowest BCUT2D eigenvalue weighted by atomic mass is 10.00. The van der Waals surface area contributed by atoms with Gasteiger partial charge in [0.2, 0.25) is 0 Å². The summed E-state index contributed by atoms with van der Waals surface area (Å²) < 4.78 is 0. The Labute approximate surface area is 164 Å². The van der Waals surface area contributed by atoms with Crippen LogP contribution in [0.2, 0.25) is 0 Å². The van der Waals surface area contributed by atoms with E-state index in [2.05, 4.69) is 33.2 Å². The third-order valence-electron chi connectivity index (χ3n) is 5.17. The molecule has 0 radical (unpaired) electrons. The van der Waals surface area contributed by atoms with E-state index in [0.29, 0.717) is 18.8 Å². The molecule has 0 atom stereocenters. The number of rotatable bonds is 5. The third-order valence-corrected chi connectivity index (χ3v) is 5.17. The number of anilines is 1. The maximum absolute atomic E-state index is 13.0. The van der Waals surface area contributed by atoms with Gasteiger partial charge in [0, 0.05) is 45.1 Å². The lowest BCUT2D eigenvalue weighted by Crippen LogP contribution is -2.36. The quantitative estimate of drug-likeness (QED) is 0.688. The minimum absolute atomic E-state index is 0.0410. The molecule has 1 aromatic carbocycles. The zero-order valence-electron chi connectivity index (χ0n) is 16.0. The first-order chi connectivity index (χ1) is 13.7. The number of pyridine rings is 1. The molecule has 3 heterocycles. The van der Waals surface area contributed by atoms with Gasteiger partial charge in [0.1, 0.15) is 17.8 Å². The summed E-state index contributed by atoms with van der Waals surface area (Å²) in [4.78, 5) is 29.5. The van der Waals surface area contributed by atoms with Gasteiger partial charge in [-0.2, -0.15) is 0 Å². The minimum atomic E-state index is -0.0410. The average molecular weight is 373 g/mol. The molecule has 0 saturated heterocycles. The predicted octanol–water partition coefficient (Wildman–Crippen LogP) is 2.75. The topological polar surface area (TPSA) is 62.2 Å². The van der Waals surface area contributed by atoms with E-state index in [1.54, 1.807) is 18.5 Å². The molecule has 0 bridgehead atoms. The van der Waals surface area contributed by atoms with Crippen molar-refractivity contribution in [2.45, 2.75) is 19.4 Å². The molecule has 142 valence electrons. The van der Waals surface area contributed by atoms with Gasteiger partial charge in [-0.3, -0.25) is 9.78 Å². The molecule has 6 nitrogen and oxygen atoms in total. The SMILES string of the molecule is CN(CCc1ccncc1)c1cc(C(=O)N2CCc3ccccc3C2)ncn1. The molecule has 4 rings (SSSR count). The highest BCUT2D eigenvalue weighted by Crippen LogP contribution is 2.20. The number of hydrogen-bond donors (Lipinski definition) is 0. The van der Waals surface area contributed by atoms with Gasteiger partial charge in [0.05, 0.1) is 0 Å². The van der Waals surface area contributed by atoms with Crippen LogP contribution in [0.1, 0.15) is 27.2 Å². The van der Waals surface area contributed by atoms with Crippen molar-refractivity contribution >= 4 is 11.7 Å². The number of carbonyl (C=O) groups is 1. The van der Waals surface area contributed by atoms with Crippen LogP contribution in [0.5, 0.6) is 0 Å². The summed E-state index contributed by atoms with van der Waals surface area (Å²) in [5.41, 5.74) is 4.20. The fourth-order valence-corrected chi connectivity index (χ4v) is 3.46. The number of benzene rings is 1. The van der Waals surface area contributed by atoms with E-state index >= 15 is 0 Å². The van der Waals surface area contributed by atoms with E-state index in [0.717, 1.165) is 25.2 Å². The van der Waals surface area contributed by atoms with Crippen molar-refractivity contribution in [1.82, 2.24) is 19.9 Å². The molecule has 0 aliphatic carbocycles. The summed E-state index contributed by atoms with van der Waals surface area (Å²) in [6.45, 7) is 2.14. The van der Waals surface area contributed by atoms with E-state index < -0.39 is 0 Å². The highest BCUT2D eigenvalue weighted by molar-refractivity contribution is 5.93. The van der Waals surface area contributed by atoms with Gasteiger partial charge < -0.3 is 9.80 Å². The molecule has 0 saturated carbocycles. The maximum atomic E-state index is 13.0. The summed E-state index contributed by atoms with van der Waals surface area (Å²) in [5, 5.41) is 0. The summed E-state index contributed by atoms with van der Waals surface area (Å²) in [6, 6.07) is 14.1. The van der Waals surface area contributed by atoms with Gasteiger partial charge in [-0.15, -0.1) is 0 Å². The number of carbonyl (C=O) groups excluding carboxylic acids is 1. The Morgan fingerprint density at radius 2 is 1.89 bits per heavy atom. The van der Waals surface area contributed by atoms with E-state index in [9.17, 15) is 4.79 Å². The zero-order valence-corrected chi connectivity index (χ0v) is 16.0. The lowest BCUT2D eigenvalue weighted by molar-refractivity contribution is 0.0728. The van der Waals surface area contributed by atoms with Crippen LogP contribution in [0.15, 0.2) is 61.2 Å². The number of fused-ring (bicyclic) bond motifs is 1. The van der Waals surface area contributed by atoms with Crippen LogP contribution in [0, 0.1) is 0 Å². The summed E-state index contributed by atoms with van der Waals surface area (Å²) in [6.07, 6.45) is 6.84. The number of amides is 1. The van der Waals surface area contributed by atoms with E-state index in [1.807, 2.05) is 35.0 Å². The van der Waals surface area contributed by atoms with E-state index in [4.69, 9.17) is 0 Å². The largest absolute Gasteiger partial charge is 0.359 e. The number of nitrogens with zero attached hydrogens (tertiary/aromatic N) is 5.